The van der Waals surface area contributed by atoms with Crippen molar-refractivity contribution in [3.63, 3.8) is 0 Å². The predicted octanol–water partition coefficient (Wildman–Crippen LogP) is 4.02. The summed E-state index contributed by atoms with van der Waals surface area (Å²) < 4.78 is 16.2. The van der Waals surface area contributed by atoms with Gasteiger partial charge in [-0.25, -0.2) is 0 Å². The zero-order valence-corrected chi connectivity index (χ0v) is 14.6. The molecule has 2 aromatic carbocycles. The first-order valence-corrected chi connectivity index (χ1v) is 8.19. The molecule has 0 bridgehead atoms. The Morgan fingerprint density at radius 2 is 1.54 bits per heavy atom. The van der Waals surface area contributed by atoms with Crippen molar-refractivity contribution in [1.29, 1.82) is 0 Å². The number of methoxy groups -OCH3 is 2. The first-order valence-electron chi connectivity index (χ1n) is 8.19. The first kappa shape index (κ1) is 17.8. The third-order valence-electron chi connectivity index (χ3n) is 3.50. The summed E-state index contributed by atoms with van der Waals surface area (Å²) in [5.74, 6) is 2.50. The Hall–Kier alpha value is -2.56. The van der Waals surface area contributed by atoms with Gasteiger partial charge in [0.1, 0.15) is 17.2 Å². The van der Waals surface area contributed by atoms with Gasteiger partial charge in [0.2, 0.25) is 0 Å². The van der Waals surface area contributed by atoms with Gasteiger partial charge in [-0.3, -0.25) is 0 Å². The van der Waals surface area contributed by atoms with Gasteiger partial charge in [0.25, 0.3) is 0 Å². The second-order valence-corrected chi connectivity index (χ2v) is 5.29. The SMILES string of the molecule is CCCOc1ccc(NCCNc2cc(OC)ccc2OC)cc1. The van der Waals surface area contributed by atoms with Crippen molar-refractivity contribution in [1.82, 2.24) is 0 Å². The Kier molecular flexibility index (Phi) is 7.08. The third-order valence-corrected chi connectivity index (χ3v) is 3.50. The molecule has 0 saturated carbocycles. The maximum absolute atomic E-state index is 5.58. The van der Waals surface area contributed by atoms with Gasteiger partial charge in [-0.05, 0) is 42.8 Å². The van der Waals surface area contributed by atoms with Crippen molar-refractivity contribution < 1.29 is 14.2 Å². The molecule has 0 unspecified atom stereocenters. The fourth-order valence-corrected chi connectivity index (χ4v) is 2.25. The Morgan fingerprint density at radius 1 is 0.833 bits per heavy atom. The molecule has 2 rings (SSSR count). The summed E-state index contributed by atoms with van der Waals surface area (Å²) in [6.07, 6.45) is 1.01. The number of hydrogen-bond acceptors (Lipinski definition) is 5. The molecule has 2 aromatic rings. The van der Waals surface area contributed by atoms with Crippen molar-refractivity contribution >= 4 is 11.4 Å². The zero-order valence-electron chi connectivity index (χ0n) is 14.6. The monoisotopic (exact) mass is 330 g/mol. The lowest BCUT2D eigenvalue weighted by Crippen LogP contribution is -2.14. The molecule has 130 valence electrons. The molecule has 0 aliphatic heterocycles. The van der Waals surface area contributed by atoms with Crippen LogP contribution >= 0.6 is 0 Å². The van der Waals surface area contributed by atoms with E-state index in [1.165, 1.54) is 0 Å². The molecule has 5 heteroatoms. The molecule has 0 atom stereocenters. The maximum atomic E-state index is 5.58. The highest BCUT2D eigenvalue weighted by molar-refractivity contribution is 5.60. The minimum absolute atomic E-state index is 0.749. The summed E-state index contributed by atoms with van der Waals surface area (Å²) in [5.41, 5.74) is 1.99. The molecule has 0 fully saturated rings. The lowest BCUT2D eigenvalue weighted by atomic mass is 10.2. The Bertz CT molecular complexity index is 615. The van der Waals surface area contributed by atoms with E-state index in [1.807, 2.05) is 42.5 Å². The average molecular weight is 330 g/mol. The molecular formula is C19H26N2O3. The van der Waals surface area contributed by atoms with Gasteiger partial charge in [0, 0.05) is 24.8 Å². The van der Waals surface area contributed by atoms with E-state index in [0.717, 1.165) is 54.7 Å². The summed E-state index contributed by atoms with van der Waals surface area (Å²) in [7, 11) is 3.31. The molecule has 0 aromatic heterocycles. The van der Waals surface area contributed by atoms with Crippen LogP contribution in [0.3, 0.4) is 0 Å². The van der Waals surface area contributed by atoms with Crippen molar-refractivity contribution in [2.24, 2.45) is 0 Å². The van der Waals surface area contributed by atoms with Gasteiger partial charge in [-0.1, -0.05) is 6.92 Å². The van der Waals surface area contributed by atoms with Crippen LogP contribution in [-0.4, -0.2) is 33.9 Å². The minimum atomic E-state index is 0.749. The predicted molar refractivity (Wildman–Crippen MR) is 98.8 cm³/mol. The summed E-state index contributed by atoms with van der Waals surface area (Å²) >= 11 is 0. The Labute approximate surface area is 143 Å². The molecule has 0 saturated heterocycles. The summed E-state index contributed by atoms with van der Waals surface area (Å²) in [4.78, 5) is 0. The van der Waals surface area contributed by atoms with Crippen LogP contribution in [0.15, 0.2) is 42.5 Å². The van der Waals surface area contributed by atoms with E-state index in [0.29, 0.717) is 0 Å². The normalized spacial score (nSPS) is 10.1. The van der Waals surface area contributed by atoms with Crippen LogP contribution in [0.1, 0.15) is 13.3 Å². The topological polar surface area (TPSA) is 51.8 Å². The second-order valence-electron chi connectivity index (χ2n) is 5.29. The van der Waals surface area contributed by atoms with E-state index in [9.17, 15) is 0 Å². The highest BCUT2D eigenvalue weighted by Crippen LogP contribution is 2.28. The molecular weight excluding hydrogens is 304 g/mol. The van der Waals surface area contributed by atoms with E-state index >= 15 is 0 Å². The molecule has 0 aliphatic rings. The van der Waals surface area contributed by atoms with Crippen LogP contribution in [0.4, 0.5) is 11.4 Å². The van der Waals surface area contributed by atoms with Crippen molar-refractivity contribution in [3.8, 4) is 17.2 Å². The molecule has 0 amide bonds. The van der Waals surface area contributed by atoms with Gasteiger partial charge in [0.15, 0.2) is 0 Å². The van der Waals surface area contributed by atoms with Crippen molar-refractivity contribution in [3.05, 3.63) is 42.5 Å². The second kappa shape index (κ2) is 9.55. The van der Waals surface area contributed by atoms with E-state index in [-0.39, 0.29) is 0 Å². The lowest BCUT2D eigenvalue weighted by molar-refractivity contribution is 0.317. The largest absolute Gasteiger partial charge is 0.497 e. The highest BCUT2D eigenvalue weighted by atomic mass is 16.5. The van der Waals surface area contributed by atoms with Gasteiger partial charge >= 0.3 is 0 Å². The number of rotatable bonds is 10. The third kappa shape index (κ3) is 5.26. The van der Waals surface area contributed by atoms with Gasteiger partial charge < -0.3 is 24.8 Å². The number of benzene rings is 2. The maximum Gasteiger partial charge on any atom is 0.142 e. The number of nitrogens with one attached hydrogen (secondary N) is 2. The number of ether oxygens (including phenoxy) is 3. The summed E-state index contributed by atoms with van der Waals surface area (Å²) in [5, 5.41) is 6.73. The van der Waals surface area contributed by atoms with Gasteiger partial charge in [-0.15, -0.1) is 0 Å². The fraction of sp³-hybridized carbons (Fsp3) is 0.368. The Morgan fingerprint density at radius 3 is 2.21 bits per heavy atom. The zero-order chi connectivity index (χ0) is 17.2. The smallest absolute Gasteiger partial charge is 0.142 e. The van der Waals surface area contributed by atoms with E-state index in [1.54, 1.807) is 14.2 Å². The Balaban J connectivity index is 1.80. The van der Waals surface area contributed by atoms with E-state index in [2.05, 4.69) is 17.6 Å². The van der Waals surface area contributed by atoms with Crippen LogP contribution in [0.2, 0.25) is 0 Å². The lowest BCUT2D eigenvalue weighted by Gasteiger charge is -2.13. The average Bonchev–Trinajstić information content (AvgIpc) is 2.64. The molecule has 5 nitrogen and oxygen atoms in total. The molecule has 2 N–H and O–H groups in total. The summed E-state index contributed by atoms with van der Waals surface area (Å²) in [6.45, 7) is 4.40. The van der Waals surface area contributed by atoms with E-state index < -0.39 is 0 Å². The molecule has 0 heterocycles. The van der Waals surface area contributed by atoms with E-state index in [4.69, 9.17) is 14.2 Å². The van der Waals surface area contributed by atoms with Crippen molar-refractivity contribution in [2.75, 3.05) is 44.5 Å². The van der Waals surface area contributed by atoms with Crippen LogP contribution in [0, 0.1) is 0 Å². The highest BCUT2D eigenvalue weighted by Gasteiger charge is 2.04. The number of hydrogen-bond donors (Lipinski definition) is 2. The van der Waals surface area contributed by atoms with Crippen LogP contribution in [0.5, 0.6) is 17.2 Å². The van der Waals surface area contributed by atoms with Crippen LogP contribution in [-0.2, 0) is 0 Å². The number of anilines is 2. The quantitative estimate of drug-likeness (QED) is 0.645. The molecule has 0 spiro atoms. The minimum Gasteiger partial charge on any atom is -0.497 e. The van der Waals surface area contributed by atoms with Gasteiger partial charge in [0.05, 0.1) is 26.5 Å². The first-order chi connectivity index (χ1) is 11.8. The fourth-order valence-electron chi connectivity index (χ4n) is 2.25. The standard InChI is InChI=1S/C19H26N2O3/c1-4-13-24-16-7-5-15(6-8-16)20-11-12-21-18-14-17(22-2)9-10-19(18)23-3/h5-10,14,20-21H,4,11-13H2,1-3H3. The van der Waals surface area contributed by atoms with Gasteiger partial charge in [-0.2, -0.15) is 0 Å². The molecule has 0 radical (unpaired) electrons. The molecule has 0 aliphatic carbocycles. The van der Waals surface area contributed by atoms with Crippen LogP contribution < -0.4 is 24.8 Å². The summed E-state index contributed by atoms with van der Waals surface area (Å²) in [6, 6.07) is 13.7. The molecule has 24 heavy (non-hydrogen) atoms. The van der Waals surface area contributed by atoms with Crippen LogP contribution in [0.25, 0.3) is 0 Å². The van der Waals surface area contributed by atoms with Crippen molar-refractivity contribution in [2.45, 2.75) is 13.3 Å².